The van der Waals surface area contributed by atoms with Gasteiger partial charge in [-0.15, -0.1) is 0 Å². The van der Waals surface area contributed by atoms with Gasteiger partial charge in [-0.2, -0.15) is 0 Å². The number of nitrogens with one attached hydrogen (secondary N) is 3. The lowest BCUT2D eigenvalue weighted by Gasteiger charge is -2.17. The zero-order valence-electron chi connectivity index (χ0n) is 13.2. The SMILES string of the molecule is O=C(Nc1ccc(Br)cc1Cl)NC(CO)Cc1c[nH]c2ccccc12. The number of aromatic nitrogens is 1. The highest BCUT2D eigenvalue weighted by Crippen LogP contribution is 2.25. The van der Waals surface area contributed by atoms with E-state index >= 15 is 0 Å². The maximum atomic E-state index is 12.2. The van der Waals surface area contributed by atoms with Crippen LogP contribution < -0.4 is 10.6 Å². The molecule has 0 saturated carbocycles. The molecule has 1 heterocycles. The molecule has 0 fully saturated rings. The van der Waals surface area contributed by atoms with Crippen LogP contribution in [0.3, 0.4) is 0 Å². The molecule has 0 aliphatic rings. The Balaban J connectivity index is 1.66. The number of aliphatic hydroxyl groups excluding tert-OH is 1. The molecule has 0 aliphatic heterocycles. The van der Waals surface area contributed by atoms with Crippen molar-refractivity contribution in [1.29, 1.82) is 0 Å². The van der Waals surface area contributed by atoms with Gasteiger partial charge in [0.1, 0.15) is 0 Å². The average molecular weight is 423 g/mol. The fourth-order valence-corrected chi connectivity index (χ4v) is 3.38. The van der Waals surface area contributed by atoms with Crippen molar-refractivity contribution in [2.24, 2.45) is 0 Å². The van der Waals surface area contributed by atoms with E-state index in [9.17, 15) is 9.90 Å². The number of amides is 2. The van der Waals surface area contributed by atoms with E-state index in [2.05, 4.69) is 31.5 Å². The number of aromatic amines is 1. The first-order chi connectivity index (χ1) is 12.1. The zero-order chi connectivity index (χ0) is 17.8. The number of fused-ring (bicyclic) bond motifs is 1. The Labute approximate surface area is 158 Å². The highest BCUT2D eigenvalue weighted by atomic mass is 79.9. The second-order valence-corrected chi connectivity index (χ2v) is 6.99. The van der Waals surface area contributed by atoms with Crippen molar-refractivity contribution in [3.05, 3.63) is 63.7 Å². The average Bonchev–Trinajstić information content (AvgIpc) is 3.00. The molecule has 3 aromatic rings. The summed E-state index contributed by atoms with van der Waals surface area (Å²) in [6.07, 6.45) is 2.42. The monoisotopic (exact) mass is 421 g/mol. The van der Waals surface area contributed by atoms with Crippen LogP contribution in [0.5, 0.6) is 0 Å². The van der Waals surface area contributed by atoms with E-state index in [-0.39, 0.29) is 6.61 Å². The van der Waals surface area contributed by atoms with Crippen LogP contribution in [0.1, 0.15) is 5.56 Å². The minimum atomic E-state index is -0.414. The number of H-pyrrole nitrogens is 1. The molecule has 1 unspecified atom stereocenters. The summed E-state index contributed by atoms with van der Waals surface area (Å²) >= 11 is 9.42. The van der Waals surface area contributed by atoms with Gasteiger partial charge < -0.3 is 20.7 Å². The summed E-state index contributed by atoms with van der Waals surface area (Å²) in [5.41, 5.74) is 2.57. The van der Waals surface area contributed by atoms with E-state index in [4.69, 9.17) is 11.6 Å². The summed E-state index contributed by atoms with van der Waals surface area (Å²) < 4.78 is 0.830. The van der Waals surface area contributed by atoms with Gasteiger partial charge in [0, 0.05) is 21.6 Å². The number of hydrogen-bond donors (Lipinski definition) is 4. The molecule has 0 saturated heterocycles. The number of halogens is 2. The minimum absolute atomic E-state index is 0.166. The largest absolute Gasteiger partial charge is 0.394 e. The van der Waals surface area contributed by atoms with Crippen LogP contribution in [0.4, 0.5) is 10.5 Å². The van der Waals surface area contributed by atoms with Crippen LogP contribution >= 0.6 is 27.5 Å². The molecule has 2 aromatic carbocycles. The number of anilines is 1. The highest BCUT2D eigenvalue weighted by molar-refractivity contribution is 9.10. The molecule has 1 atom stereocenters. The number of hydrogen-bond acceptors (Lipinski definition) is 2. The summed E-state index contributed by atoms with van der Waals surface area (Å²) in [6.45, 7) is -0.166. The fraction of sp³-hybridized carbons (Fsp3) is 0.167. The smallest absolute Gasteiger partial charge is 0.319 e. The predicted molar refractivity (Wildman–Crippen MR) is 104 cm³/mol. The Kier molecular flexibility index (Phi) is 5.63. The number of urea groups is 1. The van der Waals surface area contributed by atoms with Gasteiger partial charge in [-0.3, -0.25) is 0 Å². The first-order valence-corrected chi connectivity index (χ1v) is 8.92. The van der Waals surface area contributed by atoms with Gasteiger partial charge in [-0.1, -0.05) is 45.7 Å². The summed E-state index contributed by atoms with van der Waals surface area (Å²) in [4.78, 5) is 15.4. The van der Waals surface area contributed by atoms with Gasteiger partial charge in [-0.25, -0.2) is 4.79 Å². The Hall–Kier alpha value is -2.02. The third kappa shape index (κ3) is 4.34. The quantitative estimate of drug-likeness (QED) is 0.494. The molecule has 0 bridgehead atoms. The normalized spacial score (nSPS) is 12.1. The Bertz CT molecular complexity index is 897. The van der Waals surface area contributed by atoms with Crippen LogP contribution in [0.15, 0.2) is 53.1 Å². The van der Waals surface area contributed by atoms with Crippen LogP contribution in [-0.4, -0.2) is 28.8 Å². The lowest BCUT2D eigenvalue weighted by molar-refractivity contribution is 0.224. The van der Waals surface area contributed by atoms with E-state index in [1.165, 1.54) is 0 Å². The zero-order valence-corrected chi connectivity index (χ0v) is 15.6. The second kappa shape index (κ2) is 7.91. The molecule has 0 spiro atoms. The lowest BCUT2D eigenvalue weighted by Crippen LogP contribution is -2.41. The highest BCUT2D eigenvalue weighted by Gasteiger charge is 2.15. The molecule has 2 amide bonds. The molecular formula is C18H17BrClN3O2. The van der Waals surface area contributed by atoms with Gasteiger partial charge in [0.15, 0.2) is 0 Å². The number of para-hydroxylation sites is 1. The molecule has 5 nitrogen and oxygen atoms in total. The summed E-state index contributed by atoms with van der Waals surface area (Å²) in [6, 6.07) is 12.3. The number of rotatable bonds is 5. The van der Waals surface area contributed by atoms with Crippen molar-refractivity contribution in [2.75, 3.05) is 11.9 Å². The molecule has 3 rings (SSSR count). The Morgan fingerprint density at radius 1 is 1.28 bits per heavy atom. The van der Waals surface area contributed by atoms with Crippen molar-refractivity contribution in [3.8, 4) is 0 Å². The van der Waals surface area contributed by atoms with Gasteiger partial charge in [-0.05, 0) is 36.2 Å². The predicted octanol–water partition coefficient (Wildman–Crippen LogP) is 4.31. The first kappa shape index (κ1) is 17.8. The second-order valence-electron chi connectivity index (χ2n) is 5.67. The van der Waals surface area contributed by atoms with Crippen molar-refractivity contribution in [3.63, 3.8) is 0 Å². The number of carbonyl (C=O) groups is 1. The van der Waals surface area contributed by atoms with Crippen molar-refractivity contribution < 1.29 is 9.90 Å². The molecule has 4 N–H and O–H groups in total. The molecule has 0 aliphatic carbocycles. The van der Waals surface area contributed by atoms with Crippen LogP contribution in [-0.2, 0) is 6.42 Å². The van der Waals surface area contributed by atoms with E-state index in [1.807, 2.05) is 30.5 Å². The van der Waals surface area contributed by atoms with Crippen molar-refractivity contribution in [2.45, 2.75) is 12.5 Å². The minimum Gasteiger partial charge on any atom is -0.394 e. The molecule has 7 heteroatoms. The third-order valence-corrected chi connectivity index (χ3v) is 4.68. The molecule has 0 radical (unpaired) electrons. The molecular weight excluding hydrogens is 406 g/mol. The van der Waals surface area contributed by atoms with Gasteiger partial charge in [0.05, 0.1) is 23.4 Å². The molecule has 1 aromatic heterocycles. The molecule has 25 heavy (non-hydrogen) atoms. The van der Waals surface area contributed by atoms with Crippen LogP contribution in [0.25, 0.3) is 10.9 Å². The Morgan fingerprint density at radius 3 is 2.84 bits per heavy atom. The Morgan fingerprint density at radius 2 is 2.08 bits per heavy atom. The number of aliphatic hydroxyl groups is 1. The van der Waals surface area contributed by atoms with E-state index in [1.54, 1.807) is 18.2 Å². The van der Waals surface area contributed by atoms with E-state index < -0.39 is 12.1 Å². The van der Waals surface area contributed by atoms with Gasteiger partial charge >= 0.3 is 6.03 Å². The number of benzene rings is 2. The topological polar surface area (TPSA) is 77.2 Å². The fourth-order valence-electron chi connectivity index (χ4n) is 2.66. The van der Waals surface area contributed by atoms with E-state index in [0.29, 0.717) is 17.1 Å². The van der Waals surface area contributed by atoms with Gasteiger partial charge in [0.2, 0.25) is 0 Å². The summed E-state index contributed by atoms with van der Waals surface area (Å²) in [7, 11) is 0. The maximum absolute atomic E-state index is 12.2. The van der Waals surface area contributed by atoms with Crippen molar-refractivity contribution >= 4 is 50.2 Å². The maximum Gasteiger partial charge on any atom is 0.319 e. The summed E-state index contributed by atoms with van der Waals surface area (Å²) in [5, 5.41) is 16.6. The number of carbonyl (C=O) groups excluding carboxylic acids is 1. The molecule has 130 valence electrons. The first-order valence-electron chi connectivity index (χ1n) is 7.75. The lowest BCUT2D eigenvalue weighted by atomic mass is 10.1. The van der Waals surface area contributed by atoms with Gasteiger partial charge in [0.25, 0.3) is 0 Å². The van der Waals surface area contributed by atoms with Crippen LogP contribution in [0.2, 0.25) is 5.02 Å². The summed E-state index contributed by atoms with van der Waals surface area (Å²) in [5.74, 6) is 0. The standard InChI is InChI=1S/C18H17BrClN3O2/c19-12-5-6-17(15(20)8-12)23-18(25)22-13(10-24)7-11-9-21-16-4-2-1-3-14(11)16/h1-6,8-9,13,21,24H,7,10H2,(H2,22,23,25). The van der Waals surface area contributed by atoms with Crippen LogP contribution in [0, 0.1) is 0 Å². The van der Waals surface area contributed by atoms with Crippen molar-refractivity contribution in [1.82, 2.24) is 10.3 Å². The third-order valence-electron chi connectivity index (χ3n) is 3.88. The van der Waals surface area contributed by atoms with E-state index in [0.717, 1.165) is 20.9 Å².